The highest BCUT2D eigenvalue weighted by atomic mass is 16.5. The average Bonchev–Trinajstić information content (AvgIpc) is 2.36. The van der Waals surface area contributed by atoms with Gasteiger partial charge in [-0.05, 0) is 43.2 Å². The van der Waals surface area contributed by atoms with Gasteiger partial charge in [0.05, 0.1) is 24.1 Å². The molecular formula is C17H22N2O. The van der Waals surface area contributed by atoms with Crippen LogP contribution in [0.1, 0.15) is 37.6 Å². The average molecular weight is 270 g/mol. The van der Waals surface area contributed by atoms with E-state index in [9.17, 15) is 0 Å². The monoisotopic (exact) mass is 270 g/mol. The molecule has 2 aromatic rings. The van der Waals surface area contributed by atoms with Crippen LogP contribution < -0.4 is 4.74 Å². The lowest BCUT2D eigenvalue weighted by Crippen LogP contribution is -2.15. The van der Waals surface area contributed by atoms with Crippen molar-refractivity contribution in [3.05, 3.63) is 41.2 Å². The summed E-state index contributed by atoms with van der Waals surface area (Å²) >= 11 is 0. The highest BCUT2D eigenvalue weighted by molar-refractivity contribution is 5.69. The summed E-state index contributed by atoms with van der Waals surface area (Å²) in [5.41, 5.74) is 5.23. The van der Waals surface area contributed by atoms with Gasteiger partial charge in [-0.2, -0.15) is 0 Å². The molecule has 20 heavy (non-hydrogen) atoms. The number of methoxy groups -OCH3 is 1. The Morgan fingerprint density at radius 1 is 1.10 bits per heavy atom. The van der Waals surface area contributed by atoms with Crippen LogP contribution in [0.15, 0.2) is 24.4 Å². The smallest absolute Gasteiger partial charge is 0.223 e. The molecule has 0 fully saturated rings. The Labute approximate surface area is 121 Å². The Bertz CT molecular complexity index is 627. The van der Waals surface area contributed by atoms with Crippen LogP contribution in [-0.4, -0.2) is 17.1 Å². The first-order chi connectivity index (χ1) is 9.32. The maximum atomic E-state index is 5.51. The van der Waals surface area contributed by atoms with Crippen LogP contribution in [0.2, 0.25) is 0 Å². The maximum absolute atomic E-state index is 5.51. The van der Waals surface area contributed by atoms with Crippen LogP contribution in [0.4, 0.5) is 0 Å². The molecule has 0 radical (unpaired) electrons. The van der Waals surface area contributed by atoms with Crippen molar-refractivity contribution in [2.45, 2.75) is 40.0 Å². The number of pyridine rings is 2. The first kappa shape index (κ1) is 14.5. The second-order valence-electron chi connectivity index (χ2n) is 6.18. The molecule has 0 aliphatic heterocycles. The van der Waals surface area contributed by atoms with Crippen molar-refractivity contribution in [1.82, 2.24) is 9.97 Å². The highest BCUT2D eigenvalue weighted by Gasteiger charge is 2.21. The van der Waals surface area contributed by atoms with Crippen molar-refractivity contribution in [2.24, 2.45) is 0 Å². The minimum absolute atomic E-state index is 0.00337. The lowest BCUT2D eigenvalue weighted by atomic mass is 9.89. The van der Waals surface area contributed by atoms with Gasteiger partial charge in [0.2, 0.25) is 5.88 Å². The van der Waals surface area contributed by atoms with Gasteiger partial charge in [-0.1, -0.05) is 20.8 Å². The van der Waals surface area contributed by atoms with E-state index in [0.717, 1.165) is 22.5 Å². The summed E-state index contributed by atoms with van der Waals surface area (Å²) < 4.78 is 5.51. The van der Waals surface area contributed by atoms with E-state index in [1.165, 1.54) is 5.56 Å². The predicted molar refractivity (Wildman–Crippen MR) is 82.2 cm³/mol. The van der Waals surface area contributed by atoms with E-state index in [1.807, 2.05) is 12.3 Å². The fourth-order valence-corrected chi connectivity index (χ4v) is 2.16. The van der Waals surface area contributed by atoms with Gasteiger partial charge in [0.15, 0.2) is 0 Å². The third-order valence-corrected chi connectivity index (χ3v) is 3.32. The lowest BCUT2D eigenvalue weighted by molar-refractivity contribution is 0.393. The molecular weight excluding hydrogens is 248 g/mol. The van der Waals surface area contributed by atoms with Gasteiger partial charge in [-0.3, -0.25) is 4.98 Å². The summed E-state index contributed by atoms with van der Waals surface area (Å²) in [5, 5.41) is 0. The van der Waals surface area contributed by atoms with Crippen molar-refractivity contribution < 1.29 is 4.74 Å². The lowest BCUT2D eigenvalue weighted by Gasteiger charge is -2.21. The van der Waals surface area contributed by atoms with Crippen LogP contribution in [0, 0.1) is 13.8 Å². The van der Waals surface area contributed by atoms with Crippen molar-refractivity contribution >= 4 is 0 Å². The zero-order valence-corrected chi connectivity index (χ0v) is 13.1. The van der Waals surface area contributed by atoms with E-state index < -0.39 is 0 Å². The third kappa shape index (κ3) is 2.82. The zero-order chi connectivity index (χ0) is 14.9. The minimum Gasteiger partial charge on any atom is -0.480 e. The van der Waals surface area contributed by atoms with E-state index in [1.54, 1.807) is 7.11 Å². The summed E-state index contributed by atoms with van der Waals surface area (Å²) in [5.74, 6) is 0.646. The van der Waals surface area contributed by atoms with E-state index in [4.69, 9.17) is 4.74 Å². The Balaban J connectivity index is 2.65. The van der Waals surface area contributed by atoms with Crippen LogP contribution in [0.3, 0.4) is 0 Å². The highest BCUT2D eigenvalue weighted by Crippen LogP contribution is 2.34. The van der Waals surface area contributed by atoms with Crippen LogP contribution in [-0.2, 0) is 5.41 Å². The Morgan fingerprint density at radius 2 is 1.80 bits per heavy atom. The second kappa shape index (κ2) is 5.23. The topological polar surface area (TPSA) is 35.0 Å². The van der Waals surface area contributed by atoms with E-state index >= 15 is 0 Å². The van der Waals surface area contributed by atoms with Crippen molar-refractivity contribution in [3.63, 3.8) is 0 Å². The largest absolute Gasteiger partial charge is 0.480 e. The quantitative estimate of drug-likeness (QED) is 0.825. The predicted octanol–water partition coefficient (Wildman–Crippen LogP) is 4.07. The molecule has 0 saturated carbocycles. The molecule has 0 spiro atoms. The summed E-state index contributed by atoms with van der Waals surface area (Å²) in [7, 11) is 1.66. The molecule has 2 heterocycles. The Hall–Kier alpha value is -1.90. The zero-order valence-electron chi connectivity index (χ0n) is 13.1. The summed E-state index contributed by atoms with van der Waals surface area (Å²) in [6, 6.07) is 6.17. The van der Waals surface area contributed by atoms with Crippen molar-refractivity contribution in [2.75, 3.05) is 7.11 Å². The van der Waals surface area contributed by atoms with Gasteiger partial charge in [0.1, 0.15) is 0 Å². The molecule has 106 valence electrons. The molecule has 3 heteroatoms. The van der Waals surface area contributed by atoms with Crippen LogP contribution in [0.25, 0.3) is 11.3 Å². The molecule has 0 aromatic carbocycles. The number of hydrogen-bond acceptors (Lipinski definition) is 3. The summed E-state index contributed by atoms with van der Waals surface area (Å²) in [6.07, 6.45) is 1.82. The number of ether oxygens (including phenoxy) is 1. The second-order valence-corrected chi connectivity index (χ2v) is 6.18. The third-order valence-electron chi connectivity index (χ3n) is 3.32. The molecule has 2 aromatic heterocycles. The molecule has 3 nitrogen and oxygen atoms in total. The van der Waals surface area contributed by atoms with Crippen molar-refractivity contribution in [1.29, 1.82) is 0 Å². The molecule has 0 atom stereocenters. The fraction of sp³-hybridized carbons (Fsp3) is 0.412. The SMILES string of the molecule is COc1nc(C(C)(C)C)cc(C)c1-c1cc(C)ccn1. The van der Waals surface area contributed by atoms with Gasteiger partial charge < -0.3 is 4.74 Å². The van der Waals surface area contributed by atoms with E-state index in [2.05, 4.69) is 56.7 Å². The number of aromatic nitrogens is 2. The minimum atomic E-state index is -0.00337. The molecule has 0 N–H and O–H groups in total. The first-order valence-corrected chi connectivity index (χ1v) is 6.82. The number of nitrogens with zero attached hydrogens (tertiary/aromatic N) is 2. The molecule has 0 aliphatic rings. The van der Waals surface area contributed by atoms with E-state index in [0.29, 0.717) is 5.88 Å². The normalized spacial score (nSPS) is 11.5. The molecule has 0 amide bonds. The van der Waals surface area contributed by atoms with Gasteiger partial charge in [0.25, 0.3) is 0 Å². The summed E-state index contributed by atoms with van der Waals surface area (Å²) in [4.78, 5) is 9.12. The van der Waals surface area contributed by atoms with Crippen molar-refractivity contribution in [3.8, 4) is 17.1 Å². The van der Waals surface area contributed by atoms with Gasteiger partial charge in [0, 0.05) is 11.6 Å². The summed E-state index contributed by atoms with van der Waals surface area (Å²) in [6.45, 7) is 10.6. The van der Waals surface area contributed by atoms with Gasteiger partial charge in [-0.25, -0.2) is 4.98 Å². The number of hydrogen-bond donors (Lipinski definition) is 0. The molecule has 0 aliphatic carbocycles. The molecule has 2 rings (SSSR count). The fourth-order valence-electron chi connectivity index (χ4n) is 2.16. The Morgan fingerprint density at radius 3 is 2.35 bits per heavy atom. The van der Waals surface area contributed by atoms with Gasteiger partial charge in [-0.15, -0.1) is 0 Å². The Kier molecular flexibility index (Phi) is 3.80. The first-order valence-electron chi connectivity index (χ1n) is 6.82. The standard InChI is InChI=1S/C17H22N2O/c1-11-7-8-18-13(9-11)15-12(2)10-14(17(3,4)5)19-16(15)20-6/h7-10H,1-6H3. The molecule has 0 saturated heterocycles. The molecule has 0 bridgehead atoms. The van der Waals surface area contributed by atoms with Crippen LogP contribution in [0.5, 0.6) is 5.88 Å². The van der Waals surface area contributed by atoms with Gasteiger partial charge >= 0.3 is 0 Å². The maximum Gasteiger partial charge on any atom is 0.223 e. The molecule has 0 unspecified atom stereocenters. The number of aryl methyl sites for hydroxylation is 2. The van der Waals surface area contributed by atoms with Crippen LogP contribution >= 0.6 is 0 Å². The van der Waals surface area contributed by atoms with E-state index in [-0.39, 0.29) is 5.41 Å². The number of rotatable bonds is 2.